The van der Waals surface area contributed by atoms with E-state index in [1.807, 2.05) is 0 Å². The third-order valence-corrected chi connectivity index (χ3v) is 3.54. The summed E-state index contributed by atoms with van der Waals surface area (Å²) >= 11 is 0. The maximum atomic E-state index is 5.67. The van der Waals surface area contributed by atoms with E-state index >= 15 is 0 Å². The second kappa shape index (κ2) is 3.74. The third-order valence-electron chi connectivity index (χ3n) is 3.54. The molecule has 0 radical (unpaired) electrons. The van der Waals surface area contributed by atoms with Crippen LogP contribution in [-0.4, -0.2) is 6.54 Å². The highest BCUT2D eigenvalue weighted by Gasteiger charge is 2.29. The second-order valence-corrected chi connectivity index (χ2v) is 4.51. The van der Waals surface area contributed by atoms with Crippen molar-refractivity contribution in [1.29, 1.82) is 0 Å². The van der Waals surface area contributed by atoms with Crippen molar-refractivity contribution in [3.8, 4) is 0 Å². The summed E-state index contributed by atoms with van der Waals surface area (Å²) in [5.74, 6) is 1.48. The minimum absolute atomic E-state index is 0.704. The van der Waals surface area contributed by atoms with Crippen LogP contribution in [0.4, 0.5) is 0 Å². The van der Waals surface area contributed by atoms with Crippen LogP contribution in [0, 0.1) is 12.8 Å². The number of aryl methyl sites for hydroxylation is 1. The average molecular weight is 189 g/mol. The van der Waals surface area contributed by atoms with Crippen LogP contribution in [-0.2, 0) is 6.42 Å². The Morgan fingerprint density at radius 2 is 2.21 bits per heavy atom. The van der Waals surface area contributed by atoms with Crippen molar-refractivity contribution >= 4 is 0 Å². The molecule has 0 saturated heterocycles. The molecule has 0 aliphatic heterocycles. The Morgan fingerprint density at radius 1 is 1.43 bits per heavy atom. The molecular formula is C13H19N. The molecule has 1 aliphatic carbocycles. The SMILES string of the molecule is Cc1cccc2c1CC(C)C2CCN. The summed E-state index contributed by atoms with van der Waals surface area (Å²) in [5, 5.41) is 0. The van der Waals surface area contributed by atoms with Crippen LogP contribution < -0.4 is 5.73 Å². The van der Waals surface area contributed by atoms with Crippen molar-refractivity contribution < 1.29 is 0 Å². The number of rotatable bonds is 2. The quantitative estimate of drug-likeness (QED) is 0.760. The van der Waals surface area contributed by atoms with Crippen molar-refractivity contribution in [2.24, 2.45) is 11.7 Å². The van der Waals surface area contributed by atoms with E-state index in [0.29, 0.717) is 5.92 Å². The molecule has 2 atom stereocenters. The summed E-state index contributed by atoms with van der Waals surface area (Å²) < 4.78 is 0. The standard InChI is InChI=1S/C13H19N/c1-9-4-3-5-12-11(6-7-14)10(2)8-13(9)12/h3-5,10-11H,6-8,14H2,1-2H3. The van der Waals surface area contributed by atoms with Crippen LogP contribution in [0.5, 0.6) is 0 Å². The van der Waals surface area contributed by atoms with Gasteiger partial charge in [0, 0.05) is 0 Å². The summed E-state index contributed by atoms with van der Waals surface area (Å²) in [6.45, 7) is 5.37. The van der Waals surface area contributed by atoms with E-state index in [2.05, 4.69) is 32.0 Å². The van der Waals surface area contributed by atoms with E-state index in [0.717, 1.165) is 18.9 Å². The van der Waals surface area contributed by atoms with E-state index in [1.54, 1.807) is 11.1 Å². The van der Waals surface area contributed by atoms with Crippen molar-refractivity contribution in [2.45, 2.75) is 32.6 Å². The van der Waals surface area contributed by atoms with Crippen molar-refractivity contribution in [3.63, 3.8) is 0 Å². The molecule has 1 aromatic carbocycles. The lowest BCUT2D eigenvalue weighted by Gasteiger charge is -2.15. The van der Waals surface area contributed by atoms with Gasteiger partial charge in [-0.3, -0.25) is 0 Å². The van der Waals surface area contributed by atoms with Crippen molar-refractivity contribution in [3.05, 3.63) is 34.9 Å². The first-order valence-corrected chi connectivity index (χ1v) is 5.52. The Balaban J connectivity index is 2.37. The van der Waals surface area contributed by atoms with Gasteiger partial charge >= 0.3 is 0 Å². The van der Waals surface area contributed by atoms with Gasteiger partial charge in [-0.1, -0.05) is 25.1 Å². The van der Waals surface area contributed by atoms with E-state index in [4.69, 9.17) is 5.73 Å². The summed E-state index contributed by atoms with van der Waals surface area (Å²) in [4.78, 5) is 0. The van der Waals surface area contributed by atoms with E-state index < -0.39 is 0 Å². The van der Waals surface area contributed by atoms with Crippen LogP contribution in [0.1, 0.15) is 36.0 Å². The van der Waals surface area contributed by atoms with Gasteiger partial charge in [-0.25, -0.2) is 0 Å². The molecule has 2 rings (SSSR count). The number of hydrogen-bond acceptors (Lipinski definition) is 1. The molecule has 0 saturated carbocycles. The Kier molecular flexibility index (Phi) is 2.60. The predicted octanol–water partition coefficient (Wildman–Crippen LogP) is 2.62. The lowest BCUT2D eigenvalue weighted by atomic mass is 9.91. The molecule has 1 aromatic rings. The highest BCUT2D eigenvalue weighted by molar-refractivity contribution is 5.41. The molecule has 76 valence electrons. The minimum Gasteiger partial charge on any atom is -0.330 e. The van der Waals surface area contributed by atoms with E-state index in [1.165, 1.54) is 12.0 Å². The largest absolute Gasteiger partial charge is 0.330 e. The lowest BCUT2D eigenvalue weighted by molar-refractivity contribution is 0.475. The first-order valence-electron chi connectivity index (χ1n) is 5.52. The molecule has 14 heavy (non-hydrogen) atoms. The Bertz CT molecular complexity index is 330. The van der Waals surface area contributed by atoms with Crippen molar-refractivity contribution in [2.75, 3.05) is 6.54 Å². The number of fused-ring (bicyclic) bond motifs is 1. The first kappa shape index (κ1) is 9.72. The van der Waals surface area contributed by atoms with Gasteiger partial charge in [0.1, 0.15) is 0 Å². The van der Waals surface area contributed by atoms with E-state index in [-0.39, 0.29) is 0 Å². The van der Waals surface area contributed by atoms with Gasteiger partial charge in [-0.05, 0) is 54.8 Å². The highest BCUT2D eigenvalue weighted by atomic mass is 14.5. The molecular weight excluding hydrogens is 170 g/mol. The summed E-state index contributed by atoms with van der Waals surface area (Å²) in [6.07, 6.45) is 2.38. The first-order chi connectivity index (χ1) is 6.74. The zero-order valence-corrected chi connectivity index (χ0v) is 9.09. The average Bonchev–Trinajstić information content (AvgIpc) is 2.47. The molecule has 0 bridgehead atoms. The molecule has 0 amide bonds. The summed E-state index contributed by atoms with van der Waals surface area (Å²) in [7, 11) is 0. The van der Waals surface area contributed by atoms with Gasteiger partial charge in [0.25, 0.3) is 0 Å². The molecule has 2 N–H and O–H groups in total. The second-order valence-electron chi connectivity index (χ2n) is 4.51. The minimum atomic E-state index is 0.704. The molecule has 0 aromatic heterocycles. The third kappa shape index (κ3) is 1.46. The van der Waals surface area contributed by atoms with Gasteiger partial charge in [0.15, 0.2) is 0 Å². The molecule has 0 heterocycles. The van der Waals surface area contributed by atoms with Gasteiger partial charge in [-0.15, -0.1) is 0 Å². The fourth-order valence-corrected chi connectivity index (χ4v) is 2.74. The fourth-order valence-electron chi connectivity index (χ4n) is 2.74. The smallest absolute Gasteiger partial charge is 0.00713 e. The number of benzene rings is 1. The van der Waals surface area contributed by atoms with Crippen LogP contribution in [0.15, 0.2) is 18.2 Å². The molecule has 1 heteroatoms. The zero-order valence-electron chi connectivity index (χ0n) is 9.09. The zero-order chi connectivity index (χ0) is 10.1. The van der Waals surface area contributed by atoms with E-state index in [9.17, 15) is 0 Å². The molecule has 0 fully saturated rings. The monoisotopic (exact) mass is 189 g/mol. The maximum absolute atomic E-state index is 5.67. The Labute approximate surface area is 86.3 Å². The number of hydrogen-bond donors (Lipinski definition) is 1. The van der Waals surface area contributed by atoms with Crippen LogP contribution in [0.2, 0.25) is 0 Å². The van der Waals surface area contributed by atoms with Gasteiger partial charge in [0.05, 0.1) is 0 Å². The number of nitrogens with two attached hydrogens (primary N) is 1. The molecule has 1 nitrogen and oxygen atoms in total. The lowest BCUT2D eigenvalue weighted by Crippen LogP contribution is -2.10. The van der Waals surface area contributed by atoms with Gasteiger partial charge in [-0.2, -0.15) is 0 Å². The van der Waals surface area contributed by atoms with Crippen LogP contribution in [0.25, 0.3) is 0 Å². The van der Waals surface area contributed by atoms with Crippen LogP contribution >= 0.6 is 0 Å². The highest BCUT2D eigenvalue weighted by Crippen LogP contribution is 2.40. The predicted molar refractivity (Wildman–Crippen MR) is 60.5 cm³/mol. The van der Waals surface area contributed by atoms with Gasteiger partial charge < -0.3 is 5.73 Å². The summed E-state index contributed by atoms with van der Waals surface area (Å²) in [5.41, 5.74) is 10.3. The van der Waals surface area contributed by atoms with Crippen molar-refractivity contribution in [1.82, 2.24) is 0 Å². The maximum Gasteiger partial charge on any atom is -0.00713 e. The Morgan fingerprint density at radius 3 is 2.93 bits per heavy atom. The summed E-state index contributed by atoms with van der Waals surface area (Å²) in [6, 6.07) is 6.68. The van der Waals surface area contributed by atoms with Crippen LogP contribution in [0.3, 0.4) is 0 Å². The molecule has 1 aliphatic rings. The molecule has 2 unspecified atom stereocenters. The molecule has 0 spiro atoms. The fraction of sp³-hybridized carbons (Fsp3) is 0.538. The van der Waals surface area contributed by atoms with Gasteiger partial charge in [0.2, 0.25) is 0 Å². The topological polar surface area (TPSA) is 26.0 Å². The Hall–Kier alpha value is -0.820. The normalized spacial score (nSPS) is 25.1.